The highest BCUT2D eigenvalue weighted by atomic mass is 79.9. The van der Waals surface area contributed by atoms with E-state index in [0.717, 1.165) is 51.1 Å². The van der Waals surface area contributed by atoms with Crippen molar-refractivity contribution in [1.29, 1.82) is 0 Å². The first-order valence-corrected chi connectivity index (χ1v) is 14.9. The minimum absolute atomic E-state index is 0.0495. The van der Waals surface area contributed by atoms with Gasteiger partial charge in [0.1, 0.15) is 0 Å². The van der Waals surface area contributed by atoms with E-state index in [1.807, 2.05) is 68.5 Å². The molecular formula is C29H33Br2N3O2S. The number of rotatable bonds is 12. The number of likely N-dealkylation sites (N-methyl/N-ethyl adjacent to an activating group) is 1. The van der Waals surface area contributed by atoms with Crippen molar-refractivity contribution in [2.24, 2.45) is 0 Å². The van der Waals surface area contributed by atoms with Crippen molar-refractivity contribution in [2.45, 2.75) is 33.4 Å². The monoisotopic (exact) mass is 645 g/mol. The molecule has 0 saturated carbocycles. The third-order valence-corrected chi connectivity index (χ3v) is 8.37. The maximum absolute atomic E-state index is 13.5. The number of aromatic amines is 1. The molecule has 8 heteroatoms. The van der Waals surface area contributed by atoms with Gasteiger partial charge in [0.15, 0.2) is 5.78 Å². The molecule has 0 aliphatic heterocycles. The topological polar surface area (TPSA) is 65.2 Å². The van der Waals surface area contributed by atoms with Gasteiger partial charge < -0.3 is 15.2 Å². The Morgan fingerprint density at radius 3 is 2.16 bits per heavy atom. The van der Waals surface area contributed by atoms with E-state index in [4.69, 9.17) is 0 Å². The molecule has 0 unspecified atom stereocenters. The highest BCUT2D eigenvalue weighted by Gasteiger charge is 2.20. The predicted octanol–water partition coefficient (Wildman–Crippen LogP) is 7.39. The van der Waals surface area contributed by atoms with Crippen LogP contribution in [-0.4, -0.2) is 47.8 Å². The van der Waals surface area contributed by atoms with Gasteiger partial charge in [0.05, 0.1) is 10.5 Å². The first kappa shape index (κ1) is 29.4. The maximum Gasteiger partial charge on any atom is 0.253 e. The molecule has 3 aromatic rings. The van der Waals surface area contributed by atoms with E-state index in [0.29, 0.717) is 28.3 Å². The fraction of sp³-hybridized carbons (Fsp3) is 0.310. The number of H-pyrrole nitrogens is 1. The first-order valence-electron chi connectivity index (χ1n) is 12.3. The first-order chi connectivity index (χ1) is 17.7. The minimum atomic E-state index is -0.0960. The average molecular weight is 647 g/mol. The zero-order valence-corrected chi connectivity index (χ0v) is 25.6. The number of carbonyl (C=O) groups is 2. The molecule has 3 rings (SSSR count). The summed E-state index contributed by atoms with van der Waals surface area (Å²) in [5.74, 6) is 0.506. The molecule has 2 aromatic carbocycles. The van der Waals surface area contributed by atoms with Gasteiger partial charge in [-0.05, 0) is 80.5 Å². The number of aromatic nitrogens is 1. The number of hydrogen-bond acceptors (Lipinski definition) is 4. The minimum Gasteiger partial charge on any atom is -0.358 e. The second kappa shape index (κ2) is 14.1. The van der Waals surface area contributed by atoms with Gasteiger partial charge in [-0.15, -0.1) is 11.8 Å². The van der Waals surface area contributed by atoms with Crippen LogP contribution in [0.25, 0.3) is 6.08 Å². The normalized spacial score (nSPS) is 11.7. The Morgan fingerprint density at radius 1 is 0.973 bits per heavy atom. The van der Waals surface area contributed by atoms with Crippen LogP contribution in [0.15, 0.2) is 62.4 Å². The van der Waals surface area contributed by atoms with Crippen LogP contribution in [0, 0.1) is 13.8 Å². The highest BCUT2D eigenvalue weighted by molar-refractivity contribution is 9.10. The van der Waals surface area contributed by atoms with Crippen molar-refractivity contribution in [3.8, 4) is 0 Å². The molecule has 5 nitrogen and oxygen atoms in total. The van der Waals surface area contributed by atoms with Crippen molar-refractivity contribution in [1.82, 2.24) is 15.2 Å². The van der Waals surface area contributed by atoms with Gasteiger partial charge in [-0.1, -0.05) is 57.8 Å². The Balaban J connectivity index is 1.87. The molecule has 2 N–H and O–H groups in total. The van der Waals surface area contributed by atoms with Crippen LogP contribution >= 0.6 is 43.6 Å². The number of Topliss-reactive ketones (excluding diaryl/α,β-unsaturated/α-hetero) is 1. The predicted molar refractivity (Wildman–Crippen MR) is 162 cm³/mol. The van der Waals surface area contributed by atoms with Crippen molar-refractivity contribution < 1.29 is 9.59 Å². The molecule has 0 atom stereocenters. The number of carbonyl (C=O) groups excluding carboxylic acids is 2. The lowest BCUT2D eigenvalue weighted by Crippen LogP contribution is -2.35. The largest absolute Gasteiger partial charge is 0.358 e. The average Bonchev–Trinajstić information content (AvgIpc) is 3.17. The summed E-state index contributed by atoms with van der Waals surface area (Å²) >= 11 is 8.41. The van der Waals surface area contributed by atoms with E-state index >= 15 is 0 Å². The van der Waals surface area contributed by atoms with Gasteiger partial charge in [0, 0.05) is 44.7 Å². The lowest BCUT2D eigenvalue weighted by molar-refractivity contribution is 0.0947. The third-order valence-electron chi connectivity index (χ3n) is 6.22. The Kier molecular flexibility index (Phi) is 11.2. The fourth-order valence-electron chi connectivity index (χ4n) is 4.00. The number of allylic oxidation sites excluding steroid dienone is 1. The third kappa shape index (κ3) is 8.18. The van der Waals surface area contributed by atoms with Gasteiger partial charge in [0.2, 0.25) is 0 Å². The number of thioether (sulfide) groups is 1. The molecule has 0 aliphatic rings. The van der Waals surface area contributed by atoms with Crippen molar-refractivity contribution in [2.75, 3.05) is 26.2 Å². The van der Waals surface area contributed by atoms with E-state index in [9.17, 15) is 9.59 Å². The molecule has 0 saturated heterocycles. The fourth-order valence-corrected chi connectivity index (χ4v) is 5.50. The van der Waals surface area contributed by atoms with Crippen molar-refractivity contribution in [3.63, 3.8) is 0 Å². The Labute approximate surface area is 240 Å². The van der Waals surface area contributed by atoms with Crippen LogP contribution in [0.1, 0.15) is 57.1 Å². The van der Waals surface area contributed by atoms with Crippen LogP contribution < -0.4 is 5.32 Å². The van der Waals surface area contributed by atoms with E-state index in [1.54, 1.807) is 0 Å². The number of amides is 1. The number of halogens is 2. The summed E-state index contributed by atoms with van der Waals surface area (Å²) in [4.78, 5) is 32.8. The summed E-state index contributed by atoms with van der Waals surface area (Å²) in [5, 5.41) is 3.05. The summed E-state index contributed by atoms with van der Waals surface area (Å²) in [6.07, 6.45) is 1.88. The van der Waals surface area contributed by atoms with Crippen molar-refractivity contribution >= 4 is 61.4 Å². The molecule has 1 aromatic heterocycles. The van der Waals surface area contributed by atoms with Gasteiger partial charge in [-0.2, -0.15) is 0 Å². The standard InChI is InChI=1S/C29H33Br2N3O2S/c1-5-34(6-2)16-15-32-29(36)27-19(3)25(33-20(27)4)17-26(28(35)22-9-13-24(31)14-10-22)37-18-21-7-11-23(30)12-8-21/h7-14,17,33H,5-6,15-16,18H2,1-4H3,(H,32,36). The summed E-state index contributed by atoms with van der Waals surface area (Å²) in [6.45, 7) is 11.4. The summed E-state index contributed by atoms with van der Waals surface area (Å²) in [7, 11) is 0. The Morgan fingerprint density at radius 2 is 1.57 bits per heavy atom. The second-order valence-electron chi connectivity index (χ2n) is 8.71. The van der Waals surface area contributed by atoms with Crippen LogP contribution in [-0.2, 0) is 5.75 Å². The van der Waals surface area contributed by atoms with E-state index in [1.165, 1.54) is 11.8 Å². The van der Waals surface area contributed by atoms with Crippen molar-refractivity contribution in [3.05, 3.63) is 96.0 Å². The number of nitrogens with zero attached hydrogens (tertiary/aromatic N) is 1. The Hall–Kier alpha value is -2.13. The smallest absolute Gasteiger partial charge is 0.253 e. The number of aryl methyl sites for hydroxylation is 1. The number of hydrogen-bond donors (Lipinski definition) is 2. The van der Waals surface area contributed by atoms with Crippen LogP contribution in [0.4, 0.5) is 0 Å². The Bertz CT molecular complexity index is 1250. The van der Waals surface area contributed by atoms with Gasteiger partial charge in [-0.3, -0.25) is 9.59 Å². The molecule has 0 radical (unpaired) electrons. The molecule has 0 bridgehead atoms. The van der Waals surface area contributed by atoms with Crippen LogP contribution in [0.3, 0.4) is 0 Å². The summed E-state index contributed by atoms with van der Waals surface area (Å²) < 4.78 is 1.94. The molecule has 37 heavy (non-hydrogen) atoms. The van der Waals surface area contributed by atoms with Gasteiger partial charge in [-0.25, -0.2) is 0 Å². The number of ketones is 1. The molecule has 0 aliphatic carbocycles. The maximum atomic E-state index is 13.5. The lowest BCUT2D eigenvalue weighted by atomic mass is 10.1. The lowest BCUT2D eigenvalue weighted by Gasteiger charge is -2.18. The molecule has 0 spiro atoms. The SMILES string of the molecule is CCN(CC)CCNC(=O)c1c(C)[nH]c(C=C(SCc2ccc(Br)cc2)C(=O)c2ccc(Br)cc2)c1C. The number of benzene rings is 2. The van der Waals surface area contributed by atoms with Gasteiger partial charge >= 0.3 is 0 Å². The molecular weight excluding hydrogens is 614 g/mol. The van der Waals surface area contributed by atoms with Crippen LogP contribution in [0.5, 0.6) is 0 Å². The molecule has 0 fully saturated rings. The van der Waals surface area contributed by atoms with Crippen LogP contribution in [0.2, 0.25) is 0 Å². The van der Waals surface area contributed by atoms with E-state index in [-0.39, 0.29) is 11.7 Å². The summed E-state index contributed by atoms with van der Waals surface area (Å²) in [6, 6.07) is 15.5. The number of nitrogens with one attached hydrogen (secondary N) is 2. The highest BCUT2D eigenvalue weighted by Crippen LogP contribution is 2.30. The zero-order chi connectivity index (χ0) is 26.9. The molecule has 196 valence electrons. The second-order valence-corrected chi connectivity index (χ2v) is 11.6. The van der Waals surface area contributed by atoms with E-state index < -0.39 is 0 Å². The molecule has 1 heterocycles. The molecule has 1 amide bonds. The van der Waals surface area contributed by atoms with Gasteiger partial charge in [0.25, 0.3) is 5.91 Å². The zero-order valence-electron chi connectivity index (χ0n) is 21.7. The van der Waals surface area contributed by atoms with E-state index in [2.05, 4.69) is 60.9 Å². The quantitative estimate of drug-likeness (QED) is 0.159. The summed E-state index contributed by atoms with van der Waals surface area (Å²) in [5.41, 5.74) is 4.78.